The van der Waals surface area contributed by atoms with Gasteiger partial charge >= 0.3 is 0 Å². The summed E-state index contributed by atoms with van der Waals surface area (Å²) in [6, 6.07) is 11.4. The lowest BCUT2D eigenvalue weighted by Gasteiger charge is -2.12. The molecule has 0 saturated carbocycles. The highest BCUT2D eigenvalue weighted by Gasteiger charge is 2.17. The molecule has 0 fully saturated rings. The van der Waals surface area contributed by atoms with E-state index in [1.165, 1.54) is 4.57 Å². The maximum atomic E-state index is 13.0. The minimum atomic E-state index is -0.363. The maximum absolute atomic E-state index is 13.0. The highest BCUT2D eigenvalue weighted by Crippen LogP contribution is 2.13. The lowest BCUT2D eigenvalue weighted by Crippen LogP contribution is -2.33. The predicted molar refractivity (Wildman–Crippen MR) is 105 cm³/mol. The summed E-state index contributed by atoms with van der Waals surface area (Å²) >= 11 is 0. The second kappa shape index (κ2) is 7.22. The summed E-state index contributed by atoms with van der Waals surface area (Å²) in [4.78, 5) is 29.9. The van der Waals surface area contributed by atoms with Gasteiger partial charge in [0.1, 0.15) is 12.4 Å². The Morgan fingerprint density at radius 2 is 1.89 bits per heavy atom. The number of amides is 1. The number of pyridine rings is 1. The third kappa shape index (κ3) is 3.13. The Bertz CT molecular complexity index is 1220. The van der Waals surface area contributed by atoms with Crippen LogP contribution in [0.15, 0.2) is 47.4 Å². The number of carbonyl (C=O) groups excluding carboxylic acids is 1. The van der Waals surface area contributed by atoms with Crippen molar-refractivity contribution < 1.29 is 4.79 Å². The van der Waals surface area contributed by atoms with Gasteiger partial charge in [-0.15, -0.1) is 10.2 Å². The number of hydrogen-bond donors (Lipinski definition) is 1. The molecule has 4 aromatic rings. The number of aryl methyl sites for hydroxylation is 2. The minimum Gasteiger partial charge on any atom is -0.350 e. The second-order valence-electron chi connectivity index (χ2n) is 6.63. The van der Waals surface area contributed by atoms with Crippen LogP contribution in [0.2, 0.25) is 0 Å². The van der Waals surface area contributed by atoms with Crippen molar-refractivity contribution in [2.45, 2.75) is 33.4 Å². The maximum Gasteiger partial charge on any atom is 0.297 e. The van der Waals surface area contributed by atoms with Gasteiger partial charge in [-0.25, -0.2) is 4.98 Å². The number of hydrogen-bond acceptors (Lipinski definition) is 5. The van der Waals surface area contributed by atoms with Gasteiger partial charge in [0.15, 0.2) is 5.65 Å². The first-order valence-corrected chi connectivity index (χ1v) is 9.12. The molecular weight excluding hydrogens is 356 g/mol. The van der Waals surface area contributed by atoms with E-state index in [1.807, 2.05) is 38.1 Å². The fourth-order valence-electron chi connectivity index (χ4n) is 3.17. The Kier molecular flexibility index (Phi) is 4.60. The van der Waals surface area contributed by atoms with Crippen molar-refractivity contribution in [3.63, 3.8) is 0 Å². The van der Waals surface area contributed by atoms with Crippen LogP contribution in [0.25, 0.3) is 16.8 Å². The Balaban J connectivity index is 1.68. The van der Waals surface area contributed by atoms with Crippen molar-refractivity contribution in [1.29, 1.82) is 0 Å². The van der Waals surface area contributed by atoms with E-state index >= 15 is 0 Å². The molecule has 3 aromatic heterocycles. The quantitative estimate of drug-likeness (QED) is 0.571. The summed E-state index contributed by atoms with van der Waals surface area (Å²) in [5.74, 6) is 0.402. The second-order valence-corrected chi connectivity index (χ2v) is 6.63. The van der Waals surface area contributed by atoms with Crippen molar-refractivity contribution in [3.05, 3.63) is 69.9 Å². The fourth-order valence-corrected chi connectivity index (χ4v) is 3.17. The molecule has 8 heteroatoms. The van der Waals surface area contributed by atoms with Crippen molar-refractivity contribution in [3.8, 4) is 0 Å². The van der Waals surface area contributed by atoms with Crippen LogP contribution in [-0.2, 0) is 24.3 Å². The van der Waals surface area contributed by atoms with Gasteiger partial charge in [0, 0.05) is 19.2 Å². The molecular formula is C20H20N6O2. The summed E-state index contributed by atoms with van der Waals surface area (Å²) in [5, 5.41) is 11.0. The number of nitrogens with one attached hydrogen (secondary N) is 1. The van der Waals surface area contributed by atoms with E-state index in [0.717, 1.165) is 11.1 Å². The zero-order valence-corrected chi connectivity index (χ0v) is 15.7. The van der Waals surface area contributed by atoms with E-state index in [9.17, 15) is 9.59 Å². The van der Waals surface area contributed by atoms with Gasteiger partial charge < -0.3 is 5.32 Å². The van der Waals surface area contributed by atoms with Crippen LogP contribution in [0.3, 0.4) is 0 Å². The highest BCUT2D eigenvalue weighted by atomic mass is 16.2. The minimum absolute atomic E-state index is 0.113. The van der Waals surface area contributed by atoms with Crippen LogP contribution in [0.4, 0.5) is 0 Å². The van der Waals surface area contributed by atoms with E-state index in [1.54, 1.807) is 22.7 Å². The molecule has 0 aliphatic carbocycles. The average Bonchev–Trinajstić information content (AvgIpc) is 3.15. The van der Waals surface area contributed by atoms with Crippen molar-refractivity contribution in [2.75, 3.05) is 0 Å². The molecule has 0 unspecified atom stereocenters. The van der Waals surface area contributed by atoms with Crippen LogP contribution in [0.1, 0.15) is 23.9 Å². The number of rotatable bonds is 5. The van der Waals surface area contributed by atoms with Crippen LogP contribution in [-0.4, -0.2) is 30.1 Å². The van der Waals surface area contributed by atoms with Crippen LogP contribution in [0.5, 0.6) is 0 Å². The van der Waals surface area contributed by atoms with Crippen LogP contribution in [0, 0.1) is 6.92 Å². The summed E-state index contributed by atoms with van der Waals surface area (Å²) in [6.07, 6.45) is 2.26. The lowest BCUT2D eigenvalue weighted by atomic mass is 10.1. The highest BCUT2D eigenvalue weighted by molar-refractivity contribution is 5.80. The molecule has 0 saturated heterocycles. The zero-order chi connectivity index (χ0) is 19.7. The summed E-state index contributed by atoms with van der Waals surface area (Å²) in [6.45, 7) is 4.24. The van der Waals surface area contributed by atoms with E-state index in [4.69, 9.17) is 0 Å². The molecule has 1 aromatic carbocycles. The normalized spacial score (nSPS) is 11.2. The first kappa shape index (κ1) is 17.8. The lowest BCUT2D eigenvalue weighted by molar-refractivity contribution is -0.121. The molecule has 0 aliphatic rings. The molecule has 3 heterocycles. The SMILES string of the molecule is CCc1nnc2c(=O)n(CC(=O)NCc3ccc(C)cc3)c3cccnc3n12. The molecule has 0 spiro atoms. The van der Waals surface area contributed by atoms with E-state index < -0.39 is 0 Å². The molecule has 1 amide bonds. The number of nitrogens with zero attached hydrogens (tertiary/aromatic N) is 5. The predicted octanol–water partition coefficient (Wildman–Crippen LogP) is 1.63. The fraction of sp³-hybridized carbons (Fsp3) is 0.250. The number of fused-ring (bicyclic) bond motifs is 3. The Morgan fingerprint density at radius 1 is 1.11 bits per heavy atom. The first-order valence-electron chi connectivity index (χ1n) is 9.12. The third-order valence-electron chi connectivity index (χ3n) is 4.66. The van der Waals surface area contributed by atoms with Crippen molar-refractivity contribution in [1.82, 2.24) is 29.5 Å². The molecule has 4 rings (SSSR count). The summed E-state index contributed by atoms with van der Waals surface area (Å²) in [7, 11) is 0. The van der Waals surface area contributed by atoms with E-state index in [-0.39, 0.29) is 23.7 Å². The number of carbonyl (C=O) groups is 1. The van der Waals surface area contributed by atoms with Crippen molar-refractivity contribution >= 4 is 22.7 Å². The molecule has 1 N–H and O–H groups in total. The van der Waals surface area contributed by atoms with Gasteiger partial charge in [-0.3, -0.25) is 18.6 Å². The van der Waals surface area contributed by atoms with Crippen LogP contribution >= 0.6 is 0 Å². The summed E-state index contributed by atoms with van der Waals surface area (Å²) in [5.41, 5.74) is 3.10. The Hall–Kier alpha value is -3.55. The Morgan fingerprint density at radius 3 is 2.64 bits per heavy atom. The van der Waals surface area contributed by atoms with E-state index in [0.29, 0.717) is 30.0 Å². The molecule has 0 atom stereocenters. The number of aromatic nitrogens is 5. The largest absolute Gasteiger partial charge is 0.350 e. The zero-order valence-electron chi connectivity index (χ0n) is 15.7. The van der Waals surface area contributed by atoms with Gasteiger partial charge in [-0.1, -0.05) is 36.8 Å². The molecule has 0 aliphatic heterocycles. The molecule has 8 nitrogen and oxygen atoms in total. The van der Waals surface area contributed by atoms with Gasteiger partial charge in [-0.2, -0.15) is 0 Å². The number of benzene rings is 1. The summed E-state index contributed by atoms with van der Waals surface area (Å²) < 4.78 is 3.06. The van der Waals surface area contributed by atoms with Gasteiger partial charge in [0.25, 0.3) is 5.56 Å². The van der Waals surface area contributed by atoms with Crippen LogP contribution < -0.4 is 10.9 Å². The topological polar surface area (TPSA) is 94.2 Å². The Labute approximate surface area is 160 Å². The van der Waals surface area contributed by atoms with Gasteiger partial charge in [-0.05, 0) is 24.6 Å². The smallest absolute Gasteiger partial charge is 0.297 e. The monoisotopic (exact) mass is 376 g/mol. The molecule has 28 heavy (non-hydrogen) atoms. The standard InChI is InChI=1S/C20H20N6O2/c1-3-16-23-24-19-20(28)25(15-5-4-10-21-18(15)26(16)19)12-17(27)22-11-14-8-6-13(2)7-9-14/h4-10H,3,11-12H2,1-2H3,(H,22,27). The average molecular weight is 376 g/mol. The van der Waals surface area contributed by atoms with Crippen molar-refractivity contribution in [2.24, 2.45) is 0 Å². The molecule has 142 valence electrons. The van der Waals surface area contributed by atoms with Gasteiger partial charge in [0.2, 0.25) is 11.6 Å². The first-order chi connectivity index (χ1) is 13.6. The van der Waals surface area contributed by atoms with E-state index in [2.05, 4.69) is 20.5 Å². The third-order valence-corrected chi connectivity index (χ3v) is 4.66. The molecule has 0 radical (unpaired) electrons. The van der Waals surface area contributed by atoms with Gasteiger partial charge in [0.05, 0.1) is 5.52 Å². The molecule has 0 bridgehead atoms.